The molecule has 0 fully saturated rings. The lowest BCUT2D eigenvalue weighted by Crippen LogP contribution is -2.31. The van der Waals surface area contributed by atoms with Crippen LogP contribution in [0.25, 0.3) is 0 Å². The minimum atomic E-state index is 0.479. The van der Waals surface area contributed by atoms with E-state index in [1.807, 2.05) is 23.1 Å². The molecule has 1 N–H and O–H groups in total. The van der Waals surface area contributed by atoms with Gasteiger partial charge in [-0.2, -0.15) is 0 Å². The maximum atomic E-state index is 4.39. The van der Waals surface area contributed by atoms with Gasteiger partial charge in [0.15, 0.2) is 5.17 Å². The van der Waals surface area contributed by atoms with Crippen molar-refractivity contribution in [1.29, 1.82) is 0 Å². The molecule has 2 heterocycles. The molecule has 1 aromatic heterocycles. The monoisotopic (exact) mass is 240 g/mol. The maximum Gasteiger partial charge on any atom is 0.156 e. The summed E-state index contributed by atoms with van der Waals surface area (Å²) in [6, 6.07) is 4.89. The van der Waals surface area contributed by atoms with Crippen LogP contribution in [-0.4, -0.2) is 23.5 Å². The van der Waals surface area contributed by atoms with Crippen molar-refractivity contribution in [2.24, 2.45) is 4.99 Å². The van der Waals surface area contributed by atoms with Crippen molar-refractivity contribution in [1.82, 2.24) is 5.32 Å². The summed E-state index contributed by atoms with van der Waals surface area (Å²) in [6.45, 7) is 5.34. The van der Waals surface area contributed by atoms with Gasteiger partial charge in [-0.15, -0.1) is 11.3 Å². The molecule has 2 nitrogen and oxygen atoms in total. The average Bonchev–Trinajstić information content (AvgIpc) is 2.77. The molecule has 82 valence electrons. The minimum absolute atomic E-state index is 0.479. The summed E-state index contributed by atoms with van der Waals surface area (Å²) >= 11 is 3.72. The van der Waals surface area contributed by atoms with Gasteiger partial charge in [-0.05, 0) is 26.0 Å². The van der Waals surface area contributed by atoms with E-state index in [1.165, 1.54) is 9.75 Å². The highest BCUT2D eigenvalue weighted by Crippen LogP contribution is 2.17. The van der Waals surface area contributed by atoms with E-state index in [9.17, 15) is 0 Å². The molecule has 1 aromatic rings. The van der Waals surface area contributed by atoms with Crippen LogP contribution in [-0.2, 0) is 6.42 Å². The van der Waals surface area contributed by atoms with E-state index in [-0.39, 0.29) is 0 Å². The van der Waals surface area contributed by atoms with E-state index in [0.717, 1.165) is 23.9 Å². The molecule has 0 amide bonds. The molecule has 0 aromatic carbocycles. The second-order valence-electron chi connectivity index (χ2n) is 3.80. The first-order valence-corrected chi connectivity index (χ1v) is 7.03. The van der Waals surface area contributed by atoms with Gasteiger partial charge in [0.25, 0.3) is 0 Å². The molecular weight excluding hydrogens is 224 g/mol. The van der Waals surface area contributed by atoms with E-state index >= 15 is 0 Å². The Hall–Kier alpha value is -0.480. The second kappa shape index (κ2) is 5.03. The highest BCUT2D eigenvalue weighted by Gasteiger charge is 2.11. The predicted molar refractivity (Wildman–Crippen MR) is 70.1 cm³/mol. The largest absolute Gasteiger partial charge is 0.362 e. The van der Waals surface area contributed by atoms with Crippen LogP contribution in [0.3, 0.4) is 0 Å². The van der Waals surface area contributed by atoms with Gasteiger partial charge in [0.05, 0.1) is 6.54 Å². The Morgan fingerprint density at radius 1 is 1.53 bits per heavy atom. The Morgan fingerprint density at radius 3 is 3.00 bits per heavy atom. The number of hydrogen-bond donors (Lipinski definition) is 1. The van der Waals surface area contributed by atoms with Crippen LogP contribution in [0.1, 0.15) is 16.7 Å². The first kappa shape index (κ1) is 11.0. The third kappa shape index (κ3) is 3.24. The molecule has 0 saturated carbocycles. The number of amidine groups is 1. The van der Waals surface area contributed by atoms with Crippen LogP contribution in [0.4, 0.5) is 0 Å². The quantitative estimate of drug-likeness (QED) is 0.878. The van der Waals surface area contributed by atoms with Crippen LogP contribution in [0, 0.1) is 6.92 Å². The standard InChI is InChI=1S/C11H16N2S2/c1-8(13-11-12-5-6-14-11)7-10-4-3-9(2)15-10/h3-4,8H,5-7H2,1-2H3,(H,12,13). The van der Waals surface area contributed by atoms with Crippen LogP contribution in [0.5, 0.6) is 0 Å². The van der Waals surface area contributed by atoms with E-state index in [2.05, 4.69) is 36.3 Å². The van der Waals surface area contributed by atoms with Gasteiger partial charge < -0.3 is 5.32 Å². The van der Waals surface area contributed by atoms with Gasteiger partial charge in [0, 0.05) is 28.0 Å². The van der Waals surface area contributed by atoms with Gasteiger partial charge in [0.2, 0.25) is 0 Å². The first-order chi connectivity index (χ1) is 7.24. The fraction of sp³-hybridized carbons (Fsp3) is 0.545. The van der Waals surface area contributed by atoms with E-state index in [0.29, 0.717) is 6.04 Å². The van der Waals surface area contributed by atoms with Gasteiger partial charge in [-0.3, -0.25) is 4.99 Å². The third-order valence-corrected chi connectivity index (χ3v) is 4.19. The van der Waals surface area contributed by atoms with Crippen LogP contribution < -0.4 is 5.32 Å². The van der Waals surface area contributed by atoms with Gasteiger partial charge in [0.1, 0.15) is 0 Å². The van der Waals surface area contributed by atoms with Crippen molar-refractivity contribution >= 4 is 28.3 Å². The Bertz CT molecular complexity index is 357. The lowest BCUT2D eigenvalue weighted by atomic mass is 10.2. The van der Waals surface area contributed by atoms with Crippen LogP contribution >= 0.6 is 23.1 Å². The molecule has 1 atom stereocenters. The summed E-state index contributed by atoms with van der Waals surface area (Å²) in [5.74, 6) is 1.13. The van der Waals surface area contributed by atoms with Gasteiger partial charge in [-0.1, -0.05) is 11.8 Å². The first-order valence-electron chi connectivity index (χ1n) is 5.23. The molecule has 0 bridgehead atoms. The third-order valence-electron chi connectivity index (χ3n) is 2.26. The molecule has 4 heteroatoms. The summed E-state index contributed by atoms with van der Waals surface area (Å²) in [5.41, 5.74) is 0. The number of thioether (sulfide) groups is 1. The van der Waals surface area contributed by atoms with Crippen molar-refractivity contribution in [2.45, 2.75) is 26.3 Å². The van der Waals surface area contributed by atoms with E-state index < -0.39 is 0 Å². The second-order valence-corrected chi connectivity index (χ2v) is 6.25. The van der Waals surface area contributed by atoms with Crippen LogP contribution in [0.15, 0.2) is 17.1 Å². The maximum absolute atomic E-state index is 4.39. The number of nitrogens with zero attached hydrogens (tertiary/aromatic N) is 1. The van der Waals surface area contributed by atoms with Crippen LogP contribution in [0.2, 0.25) is 0 Å². The molecule has 0 radical (unpaired) electrons. The predicted octanol–water partition coefficient (Wildman–Crippen LogP) is 2.68. The normalized spacial score (nSPS) is 17.6. The number of aliphatic imine (C=N–C) groups is 1. The van der Waals surface area contributed by atoms with Crippen molar-refractivity contribution in [2.75, 3.05) is 12.3 Å². The van der Waals surface area contributed by atoms with Gasteiger partial charge >= 0.3 is 0 Å². The summed E-state index contributed by atoms with van der Waals surface area (Å²) in [6.07, 6.45) is 1.10. The fourth-order valence-electron chi connectivity index (χ4n) is 1.58. The number of aryl methyl sites for hydroxylation is 1. The molecule has 15 heavy (non-hydrogen) atoms. The summed E-state index contributed by atoms with van der Waals surface area (Å²) in [4.78, 5) is 7.24. The molecule has 0 spiro atoms. The SMILES string of the molecule is Cc1ccc(CC(C)NC2=NCCS2)s1. The van der Waals surface area contributed by atoms with Crippen molar-refractivity contribution in [3.05, 3.63) is 21.9 Å². The van der Waals surface area contributed by atoms with Crippen molar-refractivity contribution < 1.29 is 0 Å². The van der Waals surface area contributed by atoms with E-state index in [1.54, 1.807) is 0 Å². The number of hydrogen-bond acceptors (Lipinski definition) is 4. The highest BCUT2D eigenvalue weighted by atomic mass is 32.2. The molecule has 1 aliphatic heterocycles. The number of rotatable bonds is 3. The smallest absolute Gasteiger partial charge is 0.156 e. The Kier molecular flexibility index (Phi) is 3.70. The van der Waals surface area contributed by atoms with Crippen molar-refractivity contribution in [3.8, 4) is 0 Å². The zero-order valence-corrected chi connectivity index (χ0v) is 10.8. The minimum Gasteiger partial charge on any atom is -0.362 e. The Morgan fingerprint density at radius 2 is 2.40 bits per heavy atom. The molecule has 1 aliphatic rings. The molecular formula is C11H16N2S2. The fourth-order valence-corrected chi connectivity index (χ4v) is 3.44. The highest BCUT2D eigenvalue weighted by molar-refractivity contribution is 8.14. The number of nitrogens with one attached hydrogen (secondary N) is 1. The average molecular weight is 240 g/mol. The Labute approximate surface area is 99.2 Å². The zero-order valence-electron chi connectivity index (χ0n) is 9.12. The molecule has 1 unspecified atom stereocenters. The summed E-state index contributed by atoms with van der Waals surface area (Å²) in [7, 11) is 0. The lowest BCUT2D eigenvalue weighted by Gasteiger charge is -2.13. The summed E-state index contributed by atoms with van der Waals surface area (Å²) < 4.78 is 0. The van der Waals surface area contributed by atoms with E-state index in [4.69, 9.17) is 0 Å². The topological polar surface area (TPSA) is 24.4 Å². The lowest BCUT2D eigenvalue weighted by molar-refractivity contribution is 0.671. The summed E-state index contributed by atoms with van der Waals surface area (Å²) in [5, 5.41) is 4.58. The molecule has 2 rings (SSSR count). The van der Waals surface area contributed by atoms with Gasteiger partial charge in [-0.25, -0.2) is 0 Å². The molecule has 0 aliphatic carbocycles. The zero-order chi connectivity index (χ0) is 10.7. The van der Waals surface area contributed by atoms with Crippen molar-refractivity contribution in [3.63, 3.8) is 0 Å². The molecule has 0 saturated heterocycles. The number of thiophene rings is 1. The Balaban J connectivity index is 1.84.